The number of nitrogens with zero attached hydrogens (tertiary/aromatic N) is 3. The smallest absolute Gasteiger partial charge is 0.414 e. The van der Waals surface area contributed by atoms with E-state index in [1.165, 1.54) is 17.2 Å². The van der Waals surface area contributed by atoms with E-state index in [1.54, 1.807) is 25.3 Å². The standard InChI is InChI=1S/C22H23FN4O3/c1-25-21(6-7-24)26-10-15-3-2-14(8-16(15)11-26)19-5-4-17(9-20(19)23)27-12-18(13-28)30-22(27)29/h2-9,18,28H,10-13,24H2,1H3/b7-6-,25-21?. The number of nitrogens with two attached hydrogens (primary N) is 1. The highest BCUT2D eigenvalue weighted by atomic mass is 19.1. The van der Waals surface area contributed by atoms with E-state index in [-0.39, 0.29) is 13.2 Å². The lowest BCUT2D eigenvalue weighted by Crippen LogP contribution is -2.25. The first-order valence-corrected chi connectivity index (χ1v) is 9.64. The van der Waals surface area contributed by atoms with Crippen LogP contribution < -0.4 is 10.6 Å². The highest BCUT2D eigenvalue weighted by Gasteiger charge is 2.32. The van der Waals surface area contributed by atoms with Gasteiger partial charge in [-0.2, -0.15) is 0 Å². The normalized spacial score (nSPS) is 19.0. The Bertz CT molecular complexity index is 1040. The molecule has 4 rings (SSSR count). The second-order valence-corrected chi connectivity index (χ2v) is 7.24. The molecule has 0 saturated carbocycles. The second kappa shape index (κ2) is 8.16. The summed E-state index contributed by atoms with van der Waals surface area (Å²) in [6, 6.07) is 10.6. The molecular weight excluding hydrogens is 387 g/mol. The third kappa shape index (κ3) is 3.61. The number of fused-ring (bicyclic) bond motifs is 1. The van der Waals surface area contributed by atoms with Gasteiger partial charge in [0.1, 0.15) is 17.8 Å². The molecule has 2 heterocycles. The fraction of sp³-hybridized carbons (Fsp3) is 0.273. The zero-order valence-corrected chi connectivity index (χ0v) is 16.6. The van der Waals surface area contributed by atoms with Crippen LogP contribution in [-0.2, 0) is 17.8 Å². The number of aliphatic hydroxyl groups excluding tert-OH is 1. The number of aliphatic hydroxyl groups is 1. The molecule has 8 heteroatoms. The lowest BCUT2D eigenvalue weighted by Gasteiger charge is -2.16. The van der Waals surface area contributed by atoms with E-state index >= 15 is 0 Å². The maximum Gasteiger partial charge on any atom is 0.414 e. The molecule has 0 aliphatic carbocycles. The van der Waals surface area contributed by atoms with E-state index in [0.29, 0.717) is 17.8 Å². The number of rotatable bonds is 4. The molecule has 0 bridgehead atoms. The van der Waals surface area contributed by atoms with Crippen LogP contribution in [0, 0.1) is 5.82 Å². The minimum absolute atomic E-state index is 0.196. The monoisotopic (exact) mass is 410 g/mol. The first-order valence-electron chi connectivity index (χ1n) is 9.64. The van der Waals surface area contributed by atoms with E-state index in [2.05, 4.69) is 9.89 Å². The number of amides is 1. The van der Waals surface area contributed by atoms with E-state index in [1.807, 2.05) is 18.2 Å². The Morgan fingerprint density at radius 1 is 1.30 bits per heavy atom. The number of amidine groups is 1. The molecule has 2 aromatic carbocycles. The Morgan fingerprint density at radius 2 is 2.10 bits per heavy atom. The summed E-state index contributed by atoms with van der Waals surface area (Å²) in [7, 11) is 1.72. The predicted octanol–water partition coefficient (Wildman–Crippen LogP) is 2.63. The zero-order chi connectivity index (χ0) is 21.3. The molecule has 30 heavy (non-hydrogen) atoms. The summed E-state index contributed by atoms with van der Waals surface area (Å²) in [5.74, 6) is 0.369. The summed E-state index contributed by atoms with van der Waals surface area (Å²) >= 11 is 0. The van der Waals surface area contributed by atoms with Gasteiger partial charge in [-0.3, -0.25) is 9.89 Å². The molecule has 2 aliphatic rings. The number of hydrogen-bond donors (Lipinski definition) is 2. The van der Waals surface area contributed by atoms with Crippen molar-refractivity contribution in [1.82, 2.24) is 4.90 Å². The third-order valence-electron chi connectivity index (χ3n) is 5.38. The van der Waals surface area contributed by atoms with E-state index in [4.69, 9.17) is 10.5 Å². The fourth-order valence-corrected chi connectivity index (χ4v) is 3.86. The molecule has 1 amide bonds. The maximum absolute atomic E-state index is 14.9. The van der Waals surface area contributed by atoms with Gasteiger partial charge in [0.15, 0.2) is 0 Å². The van der Waals surface area contributed by atoms with Gasteiger partial charge in [-0.15, -0.1) is 0 Å². The fourth-order valence-electron chi connectivity index (χ4n) is 3.86. The summed E-state index contributed by atoms with van der Waals surface area (Å²) in [6.07, 6.45) is 2.05. The molecule has 156 valence electrons. The van der Waals surface area contributed by atoms with Crippen molar-refractivity contribution in [3.05, 3.63) is 65.6 Å². The topological polar surface area (TPSA) is 91.4 Å². The van der Waals surface area contributed by atoms with Crippen LogP contribution in [0.4, 0.5) is 14.9 Å². The van der Waals surface area contributed by atoms with Gasteiger partial charge < -0.3 is 20.5 Å². The number of anilines is 1. The van der Waals surface area contributed by atoms with Crippen molar-refractivity contribution in [2.45, 2.75) is 19.2 Å². The summed E-state index contributed by atoms with van der Waals surface area (Å²) in [5, 5.41) is 9.17. The molecule has 2 aromatic rings. The van der Waals surface area contributed by atoms with Gasteiger partial charge in [0.25, 0.3) is 0 Å². The van der Waals surface area contributed by atoms with E-state index in [9.17, 15) is 14.3 Å². The van der Waals surface area contributed by atoms with Crippen LogP contribution in [0.1, 0.15) is 11.1 Å². The van der Waals surface area contributed by atoms with Gasteiger partial charge in [-0.1, -0.05) is 12.1 Å². The third-order valence-corrected chi connectivity index (χ3v) is 5.38. The Kier molecular flexibility index (Phi) is 5.41. The summed E-state index contributed by atoms with van der Waals surface area (Å²) in [6.45, 7) is 1.32. The van der Waals surface area contributed by atoms with Gasteiger partial charge >= 0.3 is 6.09 Å². The number of cyclic esters (lactones) is 1. The summed E-state index contributed by atoms with van der Waals surface area (Å²) in [5.41, 5.74) is 9.40. The number of ether oxygens (including phenoxy) is 1. The summed E-state index contributed by atoms with van der Waals surface area (Å²) in [4.78, 5) is 19.6. The van der Waals surface area contributed by atoms with Crippen LogP contribution in [0.15, 0.2) is 53.7 Å². The number of aliphatic imine (C=N–C) groups is 1. The number of hydrogen-bond acceptors (Lipinski definition) is 5. The van der Waals surface area contributed by atoms with Crippen LogP contribution in [-0.4, -0.2) is 48.2 Å². The molecule has 0 radical (unpaired) electrons. The molecule has 1 atom stereocenters. The molecule has 3 N–H and O–H groups in total. The SMILES string of the molecule is CN=C(/C=C\N)N1Cc2ccc(-c3ccc(N4CC(CO)OC4=O)cc3F)cc2C1. The molecular formula is C22H23FN4O3. The Hall–Kier alpha value is -3.39. The molecule has 7 nitrogen and oxygen atoms in total. The Balaban J connectivity index is 1.57. The van der Waals surface area contributed by atoms with Crippen molar-refractivity contribution in [1.29, 1.82) is 0 Å². The van der Waals surface area contributed by atoms with Crippen LogP contribution in [0.25, 0.3) is 11.1 Å². The number of carbonyl (C=O) groups is 1. The summed E-state index contributed by atoms with van der Waals surface area (Å²) < 4.78 is 20.0. The van der Waals surface area contributed by atoms with Crippen molar-refractivity contribution in [3.8, 4) is 11.1 Å². The molecule has 1 fully saturated rings. The first-order chi connectivity index (χ1) is 14.5. The number of carbonyl (C=O) groups excluding carboxylic acids is 1. The van der Waals surface area contributed by atoms with Crippen LogP contribution in [0.2, 0.25) is 0 Å². The van der Waals surface area contributed by atoms with E-state index in [0.717, 1.165) is 29.1 Å². The molecule has 0 spiro atoms. The Morgan fingerprint density at radius 3 is 2.77 bits per heavy atom. The quantitative estimate of drug-likeness (QED) is 0.597. The minimum atomic E-state index is -0.592. The first kappa shape index (κ1) is 19.9. The van der Waals surface area contributed by atoms with Crippen molar-refractivity contribution in [2.75, 3.05) is 25.1 Å². The van der Waals surface area contributed by atoms with Gasteiger partial charge in [0, 0.05) is 25.7 Å². The average Bonchev–Trinajstić information content (AvgIpc) is 3.34. The van der Waals surface area contributed by atoms with Gasteiger partial charge in [-0.25, -0.2) is 9.18 Å². The van der Waals surface area contributed by atoms with Crippen LogP contribution in [0.5, 0.6) is 0 Å². The van der Waals surface area contributed by atoms with Crippen molar-refractivity contribution in [3.63, 3.8) is 0 Å². The highest BCUT2D eigenvalue weighted by Crippen LogP contribution is 2.32. The van der Waals surface area contributed by atoms with Crippen LogP contribution >= 0.6 is 0 Å². The largest absolute Gasteiger partial charge is 0.441 e. The number of benzene rings is 2. The molecule has 2 aliphatic heterocycles. The van der Waals surface area contributed by atoms with Crippen molar-refractivity contribution < 1.29 is 19.0 Å². The maximum atomic E-state index is 14.9. The van der Waals surface area contributed by atoms with Crippen molar-refractivity contribution in [2.24, 2.45) is 10.7 Å². The van der Waals surface area contributed by atoms with Crippen LogP contribution in [0.3, 0.4) is 0 Å². The lowest BCUT2D eigenvalue weighted by molar-refractivity contribution is 0.0963. The van der Waals surface area contributed by atoms with Gasteiger partial charge in [-0.05, 0) is 53.2 Å². The number of halogens is 1. The van der Waals surface area contributed by atoms with Gasteiger partial charge in [0.2, 0.25) is 0 Å². The average molecular weight is 410 g/mol. The highest BCUT2D eigenvalue weighted by molar-refractivity contribution is 5.93. The van der Waals surface area contributed by atoms with Crippen molar-refractivity contribution >= 4 is 17.6 Å². The molecule has 1 saturated heterocycles. The lowest BCUT2D eigenvalue weighted by atomic mass is 10.00. The second-order valence-electron chi connectivity index (χ2n) is 7.24. The molecule has 0 aromatic heterocycles. The van der Waals surface area contributed by atoms with Gasteiger partial charge in [0.05, 0.1) is 18.8 Å². The van der Waals surface area contributed by atoms with E-state index < -0.39 is 18.0 Å². The minimum Gasteiger partial charge on any atom is -0.441 e. The predicted molar refractivity (Wildman–Crippen MR) is 112 cm³/mol. The zero-order valence-electron chi connectivity index (χ0n) is 16.6. The molecule has 1 unspecified atom stereocenters. The Labute approximate surface area is 173 Å².